The number of pyridine rings is 1. The van der Waals surface area contributed by atoms with Crippen LogP contribution in [0.5, 0.6) is 0 Å². The second kappa shape index (κ2) is 13.1. The zero-order valence-corrected chi connectivity index (χ0v) is 27.8. The molecule has 0 bridgehead atoms. The summed E-state index contributed by atoms with van der Waals surface area (Å²) in [5.74, 6) is 0. The van der Waals surface area contributed by atoms with Crippen LogP contribution in [0.1, 0.15) is 62.5 Å². The minimum absolute atomic E-state index is 0.155. The van der Waals surface area contributed by atoms with Crippen LogP contribution < -0.4 is 10.6 Å². The van der Waals surface area contributed by atoms with E-state index in [0.29, 0.717) is 33.2 Å². The van der Waals surface area contributed by atoms with Crippen molar-refractivity contribution in [3.8, 4) is 11.8 Å². The average molecular weight is 658 g/mol. The lowest BCUT2D eigenvalue weighted by Crippen LogP contribution is -2.46. The third-order valence-electron chi connectivity index (χ3n) is 8.87. The maximum absolute atomic E-state index is 10.1. The van der Waals surface area contributed by atoms with Gasteiger partial charge in [0.05, 0.1) is 58.2 Å². The Kier molecular flexibility index (Phi) is 8.52. The molecule has 4 heterocycles. The SMILES string of the molecule is CC(C)(C)N1CCC(n2cc(C(Nc3cc(Cl)c4ncc(C#N)c(Nc5cccc(-n6nccn6)c5)c4c3)c3ccccc3)nn2)CC1. The summed E-state index contributed by atoms with van der Waals surface area (Å²) in [5, 5.41) is 36.1. The van der Waals surface area contributed by atoms with Gasteiger partial charge in [-0.2, -0.15) is 20.3 Å². The highest BCUT2D eigenvalue weighted by molar-refractivity contribution is 6.36. The Bertz CT molecular complexity index is 2070. The number of nitriles is 1. The van der Waals surface area contributed by atoms with E-state index in [1.807, 2.05) is 59.3 Å². The molecule has 0 amide bonds. The predicted octanol–water partition coefficient (Wildman–Crippen LogP) is 7.31. The van der Waals surface area contributed by atoms with E-state index < -0.39 is 0 Å². The van der Waals surface area contributed by atoms with Crippen LogP contribution in [0.15, 0.2) is 91.5 Å². The lowest BCUT2D eigenvalue weighted by molar-refractivity contribution is 0.0866. The van der Waals surface area contributed by atoms with E-state index in [2.05, 4.69) is 86.2 Å². The maximum atomic E-state index is 10.1. The minimum atomic E-state index is -0.301. The number of likely N-dealkylation sites (tertiary alicyclic amines) is 1. The number of hydrogen-bond donors (Lipinski definition) is 2. The van der Waals surface area contributed by atoms with E-state index in [1.165, 1.54) is 4.80 Å². The van der Waals surface area contributed by atoms with Crippen molar-refractivity contribution < 1.29 is 0 Å². The molecule has 2 N–H and O–H groups in total. The monoisotopic (exact) mass is 657 g/mol. The van der Waals surface area contributed by atoms with Crippen LogP contribution >= 0.6 is 11.6 Å². The van der Waals surface area contributed by atoms with Crippen LogP contribution in [0.25, 0.3) is 16.6 Å². The van der Waals surface area contributed by atoms with Gasteiger partial charge in [0.1, 0.15) is 11.8 Å². The predicted molar refractivity (Wildman–Crippen MR) is 188 cm³/mol. The molecule has 242 valence electrons. The Labute approximate surface area is 284 Å². The molecule has 1 fully saturated rings. The molecule has 0 aliphatic carbocycles. The first kappa shape index (κ1) is 31.3. The molecule has 1 aliphatic rings. The van der Waals surface area contributed by atoms with Crippen LogP contribution in [0.2, 0.25) is 5.02 Å². The van der Waals surface area contributed by atoms with Gasteiger partial charge in [-0.25, -0.2) is 4.68 Å². The van der Waals surface area contributed by atoms with Gasteiger partial charge in [-0.05, 0) is 69.5 Å². The molecule has 11 nitrogen and oxygen atoms in total. The number of aromatic nitrogens is 7. The molecule has 1 aliphatic heterocycles. The third-order valence-corrected chi connectivity index (χ3v) is 9.15. The van der Waals surface area contributed by atoms with Crippen molar-refractivity contribution in [2.24, 2.45) is 0 Å². The standard InChI is InChI=1S/C36H36ClN11/c1-36(2,3)46-16-12-28(13-17-46)47-23-32(44-45-47)34(24-8-5-4-6-9-24)43-27-19-30-33(25(21-38)22-39-35(30)31(37)20-27)42-26-10-7-11-29(18-26)48-40-14-15-41-48/h4-11,14-15,18-20,22-23,28,34,43H,12-13,16-17H2,1-3H3,(H,39,42). The number of benzene rings is 3. The first-order chi connectivity index (χ1) is 23.3. The molecule has 12 heteroatoms. The number of nitrogens with one attached hydrogen (secondary N) is 2. The van der Waals surface area contributed by atoms with Crippen molar-refractivity contribution in [2.75, 3.05) is 23.7 Å². The van der Waals surface area contributed by atoms with Crippen molar-refractivity contribution in [3.05, 3.63) is 113 Å². The van der Waals surface area contributed by atoms with Gasteiger partial charge in [-0.3, -0.25) is 9.88 Å². The summed E-state index contributed by atoms with van der Waals surface area (Å²) < 4.78 is 2.03. The summed E-state index contributed by atoms with van der Waals surface area (Å²) in [7, 11) is 0. The number of nitrogens with zero attached hydrogens (tertiary/aromatic N) is 9. The molecule has 1 unspecified atom stereocenters. The molecular weight excluding hydrogens is 622 g/mol. The molecule has 0 saturated carbocycles. The molecule has 7 rings (SSSR count). The highest BCUT2D eigenvalue weighted by Crippen LogP contribution is 2.37. The fourth-order valence-electron chi connectivity index (χ4n) is 6.31. The van der Waals surface area contributed by atoms with Crippen molar-refractivity contribution >= 4 is 39.6 Å². The number of rotatable bonds is 8. The van der Waals surface area contributed by atoms with Crippen LogP contribution in [0.4, 0.5) is 17.1 Å². The highest BCUT2D eigenvalue weighted by atomic mass is 35.5. The topological polar surface area (TPSA) is 125 Å². The average Bonchev–Trinajstić information content (AvgIpc) is 3.82. The zero-order valence-electron chi connectivity index (χ0n) is 27.0. The molecule has 0 radical (unpaired) electrons. The Balaban J connectivity index is 1.22. The lowest BCUT2D eigenvalue weighted by atomic mass is 9.98. The van der Waals surface area contributed by atoms with Gasteiger partial charge in [0, 0.05) is 41.6 Å². The van der Waals surface area contributed by atoms with E-state index in [9.17, 15) is 5.26 Å². The van der Waals surface area contributed by atoms with Gasteiger partial charge in [0.25, 0.3) is 0 Å². The second-order valence-electron chi connectivity index (χ2n) is 13.0. The van der Waals surface area contributed by atoms with E-state index in [0.717, 1.165) is 54.3 Å². The summed E-state index contributed by atoms with van der Waals surface area (Å²) in [4.78, 5) is 8.61. The summed E-state index contributed by atoms with van der Waals surface area (Å²) in [6.45, 7) is 8.86. The lowest BCUT2D eigenvalue weighted by Gasteiger charge is -2.40. The van der Waals surface area contributed by atoms with Crippen molar-refractivity contribution in [1.82, 2.24) is 39.9 Å². The Morgan fingerprint density at radius 3 is 2.46 bits per heavy atom. The molecule has 3 aromatic heterocycles. The first-order valence-corrected chi connectivity index (χ1v) is 16.4. The smallest absolute Gasteiger partial charge is 0.109 e. The first-order valence-electron chi connectivity index (χ1n) is 16.0. The van der Waals surface area contributed by atoms with E-state index in [4.69, 9.17) is 11.6 Å². The molecule has 1 saturated heterocycles. The molecule has 48 heavy (non-hydrogen) atoms. The number of hydrogen-bond acceptors (Lipinski definition) is 9. The van der Waals surface area contributed by atoms with Crippen molar-refractivity contribution in [2.45, 2.75) is 51.2 Å². The van der Waals surface area contributed by atoms with Gasteiger partial charge in [0.15, 0.2) is 0 Å². The fourth-order valence-corrected chi connectivity index (χ4v) is 6.57. The minimum Gasteiger partial charge on any atom is -0.373 e. The molecular formula is C36H36ClN11. The Morgan fingerprint density at radius 2 is 1.73 bits per heavy atom. The highest BCUT2D eigenvalue weighted by Gasteiger charge is 2.29. The van der Waals surface area contributed by atoms with Gasteiger partial charge in [0.2, 0.25) is 0 Å². The Hall–Kier alpha value is -5.31. The number of halogens is 1. The summed E-state index contributed by atoms with van der Waals surface area (Å²) in [6.07, 6.45) is 8.90. The quantitative estimate of drug-likeness (QED) is 0.173. The second-order valence-corrected chi connectivity index (χ2v) is 13.4. The molecule has 1 atom stereocenters. The van der Waals surface area contributed by atoms with Crippen molar-refractivity contribution in [1.29, 1.82) is 5.26 Å². The van der Waals surface area contributed by atoms with Crippen LogP contribution in [0.3, 0.4) is 0 Å². The zero-order chi connectivity index (χ0) is 33.3. The van der Waals surface area contributed by atoms with Crippen molar-refractivity contribution in [3.63, 3.8) is 0 Å². The largest absolute Gasteiger partial charge is 0.373 e. The molecule has 6 aromatic rings. The number of fused-ring (bicyclic) bond motifs is 1. The summed E-state index contributed by atoms with van der Waals surface area (Å²) in [6, 6.07) is 23.9. The fraction of sp³-hybridized carbons (Fsp3) is 0.278. The third kappa shape index (κ3) is 6.45. The normalized spacial score (nSPS) is 14.9. The van der Waals surface area contributed by atoms with Crippen LogP contribution in [-0.2, 0) is 0 Å². The molecule has 0 spiro atoms. The van der Waals surface area contributed by atoms with E-state index >= 15 is 0 Å². The molecule has 3 aromatic carbocycles. The summed E-state index contributed by atoms with van der Waals surface area (Å²) in [5.41, 5.74) is 5.86. The maximum Gasteiger partial charge on any atom is 0.109 e. The van der Waals surface area contributed by atoms with Gasteiger partial charge >= 0.3 is 0 Å². The van der Waals surface area contributed by atoms with E-state index in [1.54, 1.807) is 18.6 Å². The van der Waals surface area contributed by atoms with E-state index in [-0.39, 0.29) is 11.6 Å². The van der Waals surface area contributed by atoms with Gasteiger partial charge in [-0.15, -0.1) is 5.10 Å². The number of anilines is 3. The van der Waals surface area contributed by atoms with Gasteiger partial charge < -0.3 is 10.6 Å². The number of piperidine rings is 1. The van der Waals surface area contributed by atoms with Gasteiger partial charge in [-0.1, -0.05) is 53.2 Å². The summed E-state index contributed by atoms with van der Waals surface area (Å²) >= 11 is 6.88. The van der Waals surface area contributed by atoms with Crippen LogP contribution in [0, 0.1) is 11.3 Å². The van der Waals surface area contributed by atoms with Crippen LogP contribution in [-0.4, -0.2) is 58.5 Å². The Morgan fingerprint density at radius 1 is 0.958 bits per heavy atom.